The minimum Gasteiger partial charge on any atom is -0.353 e. The Kier molecular flexibility index (Phi) is 4.14. The van der Waals surface area contributed by atoms with E-state index >= 15 is 0 Å². The average molecular weight is 395 g/mol. The highest BCUT2D eigenvalue weighted by Gasteiger charge is 2.65. The van der Waals surface area contributed by atoms with Gasteiger partial charge >= 0.3 is 0 Å². The number of ketones is 1. The van der Waals surface area contributed by atoms with Crippen LogP contribution < -0.4 is 4.90 Å². The molecule has 0 aromatic heterocycles. The van der Waals surface area contributed by atoms with Gasteiger partial charge < -0.3 is 4.90 Å². The summed E-state index contributed by atoms with van der Waals surface area (Å²) in [5, 5.41) is 0. The van der Waals surface area contributed by atoms with Crippen molar-refractivity contribution < 1.29 is 14.4 Å². The number of carbonyl (C=O) groups is 3. The first-order chi connectivity index (χ1) is 13.3. The fraction of sp³-hybridized carbons (Fsp3) is 0.542. The van der Waals surface area contributed by atoms with Crippen molar-refractivity contribution in [1.82, 2.24) is 4.90 Å². The molecule has 2 amide bonds. The van der Waals surface area contributed by atoms with E-state index in [4.69, 9.17) is 0 Å². The molecule has 0 unspecified atom stereocenters. The zero-order chi connectivity index (χ0) is 21.5. The van der Waals surface area contributed by atoms with Crippen LogP contribution in [0.15, 0.2) is 24.3 Å². The van der Waals surface area contributed by atoms with Gasteiger partial charge in [-0.05, 0) is 45.4 Å². The van der Waals surface area contributed by atoms with Crippen molar-refractivity contribution in [2.24, 2.45) is 17.3 Å². The number of hydrogen-bond acceptors (Lipinski definition) is 4. The van der Waals surface area contributed by atoms with Crippen molar-refractivity contribution in [3.63, 3.8) is 0 Å². The molecule has 0 bridgehead atoms. The number of rotatable bonds is 1. The van der Waals surface area contributed by atoms with Crippen LogP contribution in [0.1, 0.15) is 52.7 Å². The maximum Gasteiger partial charge on any atom is 0.236 e. The molecule has 4 rings (SSSR count). The summed E-state index contributed by atoms with van der Waals surface area (Å²) in [5.41, 5.74) is 1.88. The highest BCUT2D eigenvalue weighted by molar-refractivity contribution is 6.12. The fourth-order valence-corrected chi connectivity index (χ4v) is 5.10. The summed E-state index contributed by atoms with van der Waals surface area (Å²) < 4.78 is 0. The van der Waals surface area contributed by atoms with Crippen LogP contribution in [0.2, 0.25) is 0 Å². The predicted octanol–water partition coefficient (Wildman–Crippen LogP) is 3.59. The molecule has 3 aliphatic heterocycles. The van der Waals surface area contributed by atoms with Gasteiger partial charge in [0.1, 0.15) is 6.04 Å². The second kappa shape index (κ2) is 6.04. The van der Waals surface area contributed by atoms with Crippen LogP contribution in [0.25, 0.3) is 6.08 Å². The molecular formula is C24H30N2O3. The molecule has 3 heterocycles. The zero-order valence-electron chi connectivity index (χ0n) is 18.3. The Morgan fingerprint density at radius 2 is 1.59 bits per heavy atom. The molecule has 154 valence electrons. The number of carbonyl (C=O) groups excluding carboxylic acids is 3. The van der Waals surface area contributed by atoms with Gasteiger partial charge in [-0.2, -0.15) is 0 Å². The lowest BCUT2D eigenvalue weighted by Gasteiger charge is -2.40. The third kappa shape index (κ3) is 2.77. The van der Waals surface area contributed by atoms with Crippen LogP contribution >= 0.6 is 0 Å². The van der Waals surface area contributed by atoms with E-state index in [1.807, 2.05) is 77.7 Å². The Morgan fingerprint density at radius 1 is 0.966 bits per heavy atom. The van der Waals surface area contributed by atoms with Crippen LogP contribution in [-0.4, -0.2) is 40.1 Å². The van der Waals surface area contributed by atoms with Gasteiger partial charge in [0.25, 0.3) is 0 Å². The fourth-order valence-electron chi connectivity index (χ4n) is 5.10. The van der Waals surface area contributed by atoms with E-state index < -0.39 is 28.8 Å². The smallest absolute Gasteiger partial charge is 0.236 e. The third-order valence-electron chi connectivity index (χ3n) is 6.34. The van der Waals surface area contributed by atoms with Crippen LogP contribution in [0.4, 0.5) is 5.69 Å². The molecule has 2 fully saturated rings. The summed E-state index contributed by atoms with van der Waals surface area (Å²) in [5.74, 6) is -1.54. The SMILES string of the molecule is Cc1ccc2c(c1)C=C[C@@H]1[C@@H]3C(=O)N(C(C)(C)C)C(=O)[C@@H]3[C@H](C(=O)C(C)(C)C)N21. The maximum absolute atomic E-state index is 13.6. The van der Waals surface area contributed by atoms with Gasteiger partial charge in [0.15, 0.2) is 5.78 Å². The van der Waals surface area contributed by atoms with E-state index in [1.54, 1.807) is 0 Å². The second-order valence-electron chi connectivity index (χ2n) is 10.6. The molecule has 5 heteroatoms. The summed E-state index contributed by atoms with van der Waals surface area (Å²) in [7, 11) is 0. The van der Waals surface area contributed by atoms with Crippen LogP contribution in [0.3, 0.4) is 0 Å². The Balaban J connectivity index is 1.90. The van der Waals surface area contributed by atoms with Crippen LogP contribution in [0, 0.1) is 24.2 Å². The summed E-state index contributed by atoms with van der Waals surface area (Å²) in [6.07, 6.45) is 4.04. The first-order valence-corrected chi connectivity index (χ1v) is 10.3. The van der Waals surface area contributed by atoms with E-state index in [-0.39, 0.29) is 23.6 Å². The van der Waals surface area contributed by atoms with Crippen LogP contribution in [0.5, 0.6) is 0 Å². The van der Waals surface area contributed by atoms with Gasteiger partial charge in [0.2, 0.25) is 11.8 Å². The van der Waals surface area contributed by atoms with Crippen molar-refractivity contribution in [3.05, 3.63) is 35.4 Å². The molecule has 29 heavy (non-hydrogen) atoms. The predicted molar refractivity (Wildman–Crippen MR) is 113 cm³/mol. The number of hydrogen-bond donors (Lipinski definition) is 0. The van der Waals surface area contributed by atoms with E-state index in [1.165, 1.54) is 4.90 Å². The Labute approximate surface area is 172 Å². The minimum atomic E-state index is -0.643. The number of Topliss-reactive ketones (excluding diaryl/α,β-unsaturated/α-hetero) is 1. The van der Waals surface area contributed by atoms with Gasteiger partial charge in [-0.25, -0.2) is 0 Å². The Morgan fingerprint density at radius 3 is 2.17 bits per heavy atom. The number of anilines is 1. The molecule has 0 radical (unpaired) electrons. The molecule has 2 saturated heterocycles. The van der Waals surface area contributed by atoms with Gasteiger partial charge in [-0.3, -0.25) is 19.3 Å². The number of imide groups is 1. The topological polar surface area (TPSA) is 57.7 Å². The summed E-state index contributed by atoms with van der Waals surface area (Å²) in [6, 6.07) is 5.20. The zero-order valence-corrected chi connectivity index (χ0v) is 18.3. The number of fused-ring (bicyclic) bond motifs is 5. The number of amides is 2. The molecule has 0 N–H and O–H groups in total. The largest absolute Gasteiger partial charge is 0.353 e. The van der Waals surface area contributed by atoms with E-state index in [0.717, 1.165) is 16.8 Å². The van der Waals surface area contributed by atoms with Crippen molar-refractivity contribution in [3.8, 4) is 0 Å². The Bertz CT molecular complexity index is 948. The molecule has 0 spiro atoms. The van der Waals surface area contributed by atoms with Crippen molar-refractivity contribution >= 4 is 29.4 Å². The molecular weight excluding hydrogens is 364 g/mol. The first kappa shape index (κ1) is 19.9. The lowest BCUT2D eigenvalue weighted by atomic mass is 9.79. The standard InChI is InChI=1S/C24H30N2O3/c1-13-8-10-15-14(12-13)9-11-16-17-18(19(25(15)16)20(27)23(2,3)4)22(29)26(21(17)28)24(5,6)7/h8-12,16-19H,1-7H3/t16-,17+,18+,19-/m1/s1. The highest BCUT2D eigenvalue weighted by Crippen LogP contribution is 2.50. The van der Waals surface area contributed by atoms with E-state index in [9.17, 15) is 14.4 Å². The summed E-state index contributed by atoms with van der Waals surface area (Å²) in [4.78, 5) is 44.0. The van der Waals surface area contributed by atoms with Gasteiger partial charge in [0, 0.05) is 16.6 Å². The molecule has 0 saturated carbocycles. The average Bonchev–Trinajstić information content (AvgIpc) is 3.06. The normalized spacial score (nSPS) is 28.5. The molecule has 1 aromatic rings. The number of likely N-dealkylation sites (tertiary alicyclic amines) is 1. The summed E-state index contributed by atoms with van der Waals surface area (Å²) in [6.45, 7) is 13.3. The van der Waals surface area contributed by atoms with Crippen molar-refractivity contribution in [1.29, 1.82) is 0 Å². The molecule has 0 aliphatic carbocycles. The Hall–Kier alpha value is -2.43. The number of benzene rings is 1. The molecule has 1 aromatic carbocycles. The highest BCUT2D eigenvalue weighted by atomic mass is 16.2. The third-order valence-corrected chi connectivity index (χ3v) is 6.34. The van der Waals surface area contributed by atoms with E-state index in [2.05, 4.69) is 6.07 Å². The monoisotopic (exact) mass is 394 g/mol. The molecule has 3 aliphatic rings. The van der Waals surface area contributed by atoms with Crippen molar-refractivity contribution in [2.75, 3.05) is 4.90 Å². The first-order valence-electron chi connectivity index (χ1n) is 10.3. The minimum absolute atomic E-state index is 0.00809. The summed E-state index contributed by atoms with van der Waals surface area (Å²) >= 11 is 0. The van der Waals surface area contributed by atoms with Gasteiger partial charge in [-0.1, -0.05) is 44.6 Å². The second-order valence-corrected chi connectivity index (χ2v) is 10.6. The van der Waals surface area contributed by atoms with Crippen LogP contribution in [-0.2, 0) is 14.4 Å². The van der Waals surface area contributed by atoms with E-state index in [0.29, 0.717) is 0 Å². The number of aryl methyl sites for hydroxylation is 1. The van der Waals surface area contributed by atoms with Gasteiger partial charge in [-0.15, -0.1) is 0 Å². The lowest BCUT2D eigenvalue weighted by Crippen LogP contribution is -2.54. The van der Waals surface area contributed by atoms with Gasteiger partial charge in [0.05, 0.1) is 17.9 Å². The molecule has 5 nitrogen and oxygen atoms in total. The van der Waals surface area contributed by atoms with Crippen molar-refractivity contribution in [2.45, 2.75) is 66.1 Å². The maximum atomic E-state index is 13.6. The number of nitrogens with zero attached hydrogens (tertiary/aromatic N) is 2. The molecule has 4 atom stereocenters. The quantitative estimate of drug-likeness (QED) is 0.683. The lowest BCUT2D eigenvalue weighted by molar-refractivity contribution is -0.146.